The predicted octanol–water partition coefficient (Wildman–Crippen LogP) is 3.12. The summed E-state index contributed by atoms with van der Waals surface area (Å²) in [5.74, 6) is -1.06. The van der Waals surface area contributed by atoms with Gasteiger partial charge in [0.25, 0.3) is 0 Å². The molecule has 0 saturated heterocycles. The Bertz CT molecular complexity index is 1180. The van der Waals surface area contributed by atoms with E-state index in [1.807, 2.05) is 42.5 Å². The summed E-state index contributed by atoms with van der Waals surface area (Å²) in [7, 11) is 0. The highest BCUT2D eigenvalue weighted by Crippen LogP contribution is 2.28. The van der Waals surface area contributed by atoms with Crippen molar-refractivity contribution in [1.82, 2.24) is 15.6 Å². The Morgan fingerprint density at radius 3 is 2.53 bits per heavy atom. The van der Waals surface area contributed by atoms with Gasteiger partial charge in [0.2, 0.25) is 0 Å². The lowest BCUT2D eigenvalue weighted by atomic mass is 9.95. The van der Waals surface area contributed by atoms with Crippen LogP contribution in [-0.2, 0) is 25.5 Å². The van der Waals surface area contributed by atoms with Crippen molar-refractivity contribution in [2.75, 3.05) is 13.2 Å². The zero-order valence-electron chi connectivity index (χ0n) is 17.5. The van der Waals surface area contributed by atoms with Crippen molar-refractivity contribution in [3.63, 3.8) is 0 Å². The average molecular weight is 433 g/mol. The van der Waals surface area contributed by atoms with Gasteiger partial charge >= 0.3 is 18.0 Å². The molecule has 1 unspecified atom stereocenters. The van der Waals surface area contributed by atoms with Crippen LogP contribution in [-0.4, -0.2) is 36.2 Å². The Morgan fingerprint density at radius 2 is 1.75 bits per heavy atom. The fraction of sp³-hybridized carbons (Fsp3) is 0.208. The molecule has 0 aliphatic carbocycles. The number of amides is 2. The molecule has 0 spiro atoms. The van der Waals surface area contributed by atoms with Crippen LogP contribution < -0.4 is 10.6 Å². The number of urea groups is 1. The summed E-state index contributed by atoms with van der Waals surface area (Å²) in [6.07, 6.45) is 1.83. The van der Waals surface area contributed by atoms with Crippen molar-refractivity contribution >= 4 is 28.9 Å². The first-order chi connectivity index (χ1) is 15.6. The van der Waals surface area contributed by atoms with Crippen molar-refractivity contribution in [3.05, 3.63) is 83.2 Å². The highest BCUT2D eigenvalue weighted by molar-refractivity contribution is 5.95. The van der Waals surface area contributed by atoms with E-state index in [1.165, 1.54) is 0 Å². The molecule has 3 N–H and O–H groups in total. The fourth-order valence-electron chi connectivity index (χ4n) is 3.71. The van der Waals surface area contributed by atoms with Gasteiger partial charge in [-0.15, -0.1) is 0 Å². The predicted molar refractivity (Wildman–Crippen MR) is 117 cm³/mol. The summed E-state index contributed by atoms with van der Waals surface area (Å²) in [4.78, 5) is 40.7. The number of rotatable bonds is 7. The Labute approximate surface area is 184 Å². The van der Waals surface area contributed by atoms with Gasteiger partial charge in [0.15, 0.2) is 0 Å². The van der Waals surface area contributed by atoms with Crippen LogP contribution in [0.1, 0.15) is 24.1 Å². The number of aromatic amines is 1. The van der Waals surface area contributed by atoms with Gasteiger partial charge in [0.1, 0.15) is 6.61 Å². The molecule has 1 aliphatic rings. The number of carbonyl (C=O) groups excluding carboxylic acids is 3. The van der Waals surface area contributed by atoms with E-state index >= 15 is 0 Å². The van der Waals surface area contributed by atoms with Crippen LogP contribution in [0.25, 0.3) is 10.9 Å². The largest absolute Gasteiger partial charge is 0.463 e. The topological polar surface area (TPSA) is 110 Å². The van der Waals surface area contributed by atoms with E-state index in [9.17, 15) is 14.4 Å². The van der Waals surface area contributed by atoms with Crippen LogP contribution in [0.5, 0.6) is 0 Å². The molecule has 32 heavy (non-hydrogen) atoms. The third kappa shape index (κ3) is 4.49. The Hall–Kier alpha value is -4.07. The normalized spacial score (nSPS) is 15.8. The molecule has 2 aromatic carbocycles. The van der Waals surface area contributed by atoms with Gasteiger partial charge in [-0.2, -0.15) is 0 Å². The summed E-state index contributed by atoms with van der Waals surface area (Å²) in [5.41, 5.74) is 2.86. The minimum atomic E-state index is -0.716. The quantitative estimate of drug-likeness (QED) is 0.496. The summed E-state index contributed by atoms with van der Waals surface area (Å²) >= 11 is 0. The van der Waals surface area contributed by atoms with Crippen LogP contribution in [0.2, 0.25) is 0 Å². The zero-order valence-corrected chi connectivity index (χ0v) is 17.5. The second-order valence-corrected chi connectivity index (χ2v) is 7.25. The standard InChI is InChI=1S/C24H23N3O5/c1-2-31-23(29)21-19(26-24(30)27-22(21)15-8-4-3-5-9-15)14-32-20(28)12-16-13-25-18-11-7-6-10-17(16)18/h3-11,13,22,25H,2,12,14H2,1H3,(H2,26,27,30). The molecule has 0 radical (unpaired) electrons. The van der Waals surface area contributed by atoms with E-state index in [2.05, 4.69) is 15.6 Å². The van der Waals surface area contributed by atoms with E-state index in [0.717, 1.165) is 16.5 Å². The van der Waals surface area contributed by atoms with E-state index < -0.39 is 24.0 Å². The third-order valence-electron chi connectivity index (χ3n) is 5.17. The molecular weight excluding hydrogens is 410 g/mol. The molecule has 1 aliphatic heterocycles. The number of para-hydroxylation sites is 1. The maximum absolute atomic E-state index is 12.7. The number of esters is 2. The Kier molecular flexibility index (Phi) is 6.21. The van der Waals surface area contributed by atoms with Gasteiger partial charge in [-0.1, -0.05) is 48.5 Å². The Morgan fingerprint density at radius 1 is 1.00 bits per heavy atom. The maximum Gasteiger partial charge on any atom is 0.338 e. The minimum absolute atomic E-state index is 0.0559. The number of benzene rings is 2. The van der Waals surface area contributed by atoms with Crippen molar-refractivity contribution in [3.8, 4) is 0 Å². The summed E-state index contributed by atoms with van der Waals surface area (Å²) < 4.78 is 10.6. The van der Waals surface area contributed by atoms with E-state index in [4.69, 9.17) is 9.47 Å². The molecule has 4 rings (SSSR count). The van der Waals surface area contributed by atoms with Crippen LogP contribution in [0, 0.1) is 0 Å². The molecule has 8 heteroatoms. The maximum atomic E-state index is 12.7. The molecule has 164 valence electrons. The molecule has 0 bridgehead atoms. The number of hydrogen-bond acceptors (Lipinski definition) is 5. The molecule has 1 aromatic heterocycles. The number of hydrogen-bond donors (Lipinski definition) is 3. The summed E-state index contributed by atoms with van der Waals surface area (Å²) in [6.45, 7) is 1.61. The lowest BCUT2D eigenvalue weighted by Crippen LogP contribution is -2.47. The van der Waals surface area contributed by atoms with E-state index in [-0.39, 0.29) is 30.9 Å². The van der Waals surface area contributed by atoms with Crippen molar-refractivity contribution in [2.45, 2.75) is 19.4 Å². The molecule has 0 saturated carbocycles. The van der Waals surface area contributed by atoms with E-state index in [0.29, 0.717) is 5.56 Å². The van der Waals surface area contributed by atoms with Gasteiger partial charge in [-0.05, 0) is 24.1 Å². The molecular formula is C24H23N3O5. The smallest absolute Gasteiger partial charge is 0.338 e. The monoisotopic (exact) mass is 433 g/mol. The molecule has 2 heterocycles. The second kappa shape index (κ2) is 9.38. The van der Waals surface area contributed by atoms with Gasteiger partial charge in [-0.25, -0.2) is 9.59 Å². The van der Waals surface area contributed by atoms with Gasteiger partial charge in [0.05, 0.1) is 30.3 Å². The van der Waals surface area contributed by atoms with Gasteiger partial charge in [0, 0.05) is 17.1 Å². The number of aromatic nitrogens is 1. The summed E-state index contributed by atoms with van der Waals surface area (Å²) in [6, 6.07) is 15.5. The van der Waals surface area contributed by atoms with Gasteiger partial charge < -0.3 is 25.1 Å². The zero-order chi connectivity index (χ0) is 22.5. The number of fused-ring (bicyclic) bond motifs is 1. The van der Waals surface area contributed by atoms with Crippen LogP contribution in [0.4, 0.5) is 4.79 Å². The van der Waals surface area contributed by atoms with Crippen LogP contribution in [0.3, 0.4) is 0 Å². The molecule has 8 nitrogen and oxygen atoms in total. The first-order valence-corrected chi connectivity index (χ1v) is 10.3. The lowest BCUT2D eigenvalue weighted by Gasteiger charge is -2.29. The number of nitrogens with one attached hydrogen (secondary N) is 3. The highest BCUT2D eigenvalue weighted by atomic mass is 16.5. The second-order valence-electron chi connectivity index (χ2n) is 7.25. The number of ether oxygens (including phenoxy) is 2. The van der Waals surface area contributed by atoms with Gasteiger partial charge in [-0.3, -0.25) is 4.79 Å². The van der Waals surface area contributed by atoms with Crippen molar-refractivity contribution < 1.29 is 23.9 Å². The number of H-pyrrole nitrogens is 1. The Balaban J connectivity index is 1.56. The first kappa shape index (κ1) is 21.2. The lowest BCUT2D eigenvalue weighted by molar-refractivity contribution is -0.143. The highest BCUT2D eigenvalue weighted by Gasteiger charge is 2.34. The van der Waals surface area contributed by atoms with E-state index in [1.54, 1.807) is 25.3 Å². The number of carbonyl (C=O) groups is 3. The molecule has 1 atom stereocenters. The van der Waals surface area contributed by atoms with Crippen molar-refractivity contribution in [2.24, 2.45) is 0 Å². The SMILES string of the molecule is CCOC(=O)C1=C(COC(=O)Cc2c[nH]c3ccccc23)NC(=O)NC1c1ccccc1. The van der Waals surface area contributed by atoms with Crippen molar-refractivity contribution in [1.29, 1.82) is 0 Å². The minimum Gasteiger partial charge on any atom is -0.463 e. The fourth-order valence-corrected chi connectivity index (χ4v) is 3.71. The average Bonchev–Trinajstić information content (AvgIpc) is 3.20. The summed E-state index contributed by atoms with van der Waals surface area (Å²) in [5, 5.41) is 6.28. The van der Waals surface area contributed by atoms with Crippen LogP contribution in [0.15, 0.2) is 72.1 Å². The van der Waals surface area contributed by atoms with Crippen LogP contribution >= 0.6 is 0 Å². The third-order valence-corrected chi connectivity index (χ3v) is 5.17. The molecule has 2 amide bonds. The molecule has 0 fully saturated rings. The first-order valence-electron chi connectivity index (χ1n) is 10.3. The molecule has 3 aromatic rings.